The Morgan fingerprint density at radius 3 is 2.81 bits per heavy atom. The minimum absolute atomic E-state index is 0.104. The van der Waals surface area contributed by atoms with Gasteiger partial charge in [0.2, 0.25) is 5.89 Å². The van der Waals surface area contributed by atoms with Crippen molar-refractivity contribution in [1.29, 1.82) is 0 Å². The van der Waals surface area contributed by atoms with Crippen molar-refractivity contribution in [1.82, 2.24) is 15.0 Å². The second kappa shape index (κ2) is 9.46. The molecule has 0 radical (unpaired) electrons. The van der Waals surface area contributed by atoms with Crippen molar-refractivity contribution in [2.45, 2.75) is 18.9 Å². The second-order valence-electron chi connectivity index (χ2n) is 7.22. The molecule has 2 aromatic carbocycles. The van der Waals surface area contributed by atoms with Crippen LogP contribution in [0.15, 0.2) is 52.1 Å². The molecule has 1 aliphatic heterocycles. The molecule has 1 N–H and O–H groups in total. The van der Waals surface area contributed by atoms with Crippen LogP contribution in [0.25, 0.3) is 11.1 Å². The first-order valence-corrected chi connectivity index (χ1v) is 10.3. The highest BCUT2D eigenvalue weighted by atomic mass is 35.5. The van der Waals surface area contributed by atoms with Crippen LogP contribution < -0.4 is 0 Å². The molecule has 166 valence electrons. The van der Waals surface area contributed by atoms with E-state index in [0.29, 0.717) is 34.1 Å². The molecule has 0 bridgehead atoms. The summed E-state index contributed by atoms with van der Waals surface area (Å²) in [6, 6.07) is 10.6. The van der Waals surface area contributed by atoms with Crippen molar-refractivity contribution in [3.05, 3.63) is 70.6 Å². The first kappa shape index (κ1) is 21.9. The molecule has 3 aromatic rings. The van der Waals surface area contributed by atoms with Gasteiger partial charge in [0.15, 0.2) is 5.82 Å². The lowest BCUT2D eigenvalue weighted by Crippen LogP contribution is -2.31. The van der Waals surface area contributed by atoms with Gasteiger partial charge >= 0.3 is 0 Å². The Morgan fingerprint density at radius 1 is 1.34 bits per heavy atom. The molecule has 32 heavy (non-hydrogen) atoms. The average Bonchev–Trinajstić information content (AvgIpc) is 3.41. The molecule has 10 heteroatoms. The van der Waals surface area contributed by atoms with E-state index in [1.165, 1.54) is 19.2 Å². The molecule has 1 fully saturated rings. The number of hydrogen-bond acceptors (Lipinski definition) is 7. The Kier molecular flexibility index (Phi) is 6.48. The highest BCUT2D eigenvalue weighted by Crippen LogP contribution is 2.33. The largest absolute Gasteiger partial charge is 0.399 e. The molecule has 0 aliphatic carbocycles. The third kappa shape index (κ3) is 4.49. The minimum atomic E-state index is -0.498. The van der Waals surface area contributed by atoms with Gasteiger partial charge in [0.25, 0.3) is 5.91 Å². The highest BCUT2D eigenvalue weighted by molar-refractivity contribution is 6.33. The molecule has 0 saturated carbocycles. The van der Waals surface area contributed by atoms with Crippen LogP contribution in [0.2, 0.25) is 5.02 Å². The zero-order chi connectivity index (χ0) is 22.7. The van der Waals surface area contributed by atoms with E-state index in [0.717, 1.165) is 5.56 Å². The number of oxime groups is 1. The van der Waals surface area contributed by atoms with Crippen LogP contribution in [0.5, 0.6) is 0 Å². The van der Waals surface area contributed by atoms with Gasteiger partial charge in [-0.3, -0.25) is 4.79 Å². The standard InChI is InChI=1S/C22H20ClFN4O4/c1-31-26-16-11-19(21-25-20(8-9-29)27-32-21)28(12-16)22(30)14-4-2-13(3-5-14)17-7-6-15(24)10-18(17)23/h2-7,10,19,29H,8-9,11-12H2,1H3. The van der Waals surface area contributed by atoms with Gasteiger partial charge in [-0.1, -0.05) is 34.0 Å². The first-order valence-electron chi connectivity index (χ1n) is 9.89. The zero-order valence-electron chi connectivity index (χ0n) is 17.2. The van der Waals surface area contributed by atoms with Crippen LogP contribution in [-0.2, 0) is 11.3 Å². The molecule has 8 nitrogen and oxygen atoms in total. The van der Waals surface area contributed by atoms with Gasteiger partial charge in [-0.25, -0.2) is 4.39 Å². The van der Waals surface area contributed by atoms with Crippen molar-refractivity contribution in [2.75, 3.05) is 20.3 Å². The molecule has 4 rings (SSSR count). The summed E-state index contributed by atoms with van der Waals surface area (Å²) in [4.78, 5) is 24.1. The summed E-state index contributed by atoms with van der Waals surface area (Å²) in [5.74, 6) is -0.0114. The van der Waals surface area contributed by atoms with Gasteiger partial charge < -0.3 is 19.4 Å². The van der Waals surface area contributed by atoms with Crippen molar-refractivity contribution in [3.8, 4) is 11.1 Å². The van der Waals surface area contributed by atoms with Crippen LogP contribution in [0.3, 0.4) is 0 Å². The number of aliphatic hydroxyl groups is 1. The van der Waals surface area contributed by atoms with Crippen molar-refractivity contribution in [2.24, 2.45) is 5.16 Å². The van der Waals surface area contributed by atoms with Gasteiger partial charge in [-0.05, 0) is 35.9 Å². The summed E-state index contributed by atoms with van der Waals surface area (Å²) in [5, 5.41) is 17.2. The normalized spacial score (nSPS) is 17.2. The summed E-state index contributed by atoms with van der Waals surface area (Å²) >= 11 is 6.15. The smallest absolute Gasteiger partial charge is 0.254 e. The number of aromatic nitrogens is 2. The van der Waals surface area contributed by atoms with E-state index >= 15 is 0 Å². The SMILES string of the molecule is CON=C1CC(c2nc(CCO)no2)N(C(=O)c2ccc(-c3ccc(F)cc3Cl)cc2)C1. The lowest BCUT2D eigenvalue weighted by Gasteiger charge is -2.21. The number of aliphatic hydroxyl groups excluding tert-OH is 1. The van der Waals surface area contributed by atoms with E-state index in [-0.39, 0.29) is 31.4 Å². The quantitative estimate of drug-likeness (QED) is 0.566. The number of rotatable bonds is 6. The lowest BCUT2D eigenvalue weighted by atomic mass is 10.0. The molecule has 1 aliphatic rings. The molecule has 1 atom stereocenters. The molecule has 1 unspecified atom stereocenters. The van der Waals surface area contributed by atoms with Gasteiger partial charge in [0.1, 0.15) is 19.0 Å². The maximum Gasteiger partial charge on any atom is 0.254 e. The van der Waals surface area contributed by atoms with Crippen molar-refractivity contribution >= 4 is 23.2 Å². The van der Waals surface area contributed by atoms with Crippen LogP contribution in [0, 0.1) is 5.82 Å². The molecule has 0 spiro atoms. The van der Waals surface area contributed by atoms with Crippen molar-refractivity contribution in [3.63, 3.8) is 0 Å². The van der Waals surface area contributed by atoms with E-state index in [9.17, 15) is 9.18 Å². The molecule has 2 heterocycles. The summed E-state index contributed by atoms with van der Waals surface area (Å²) in [5.41, 5.74) is 2.55. The molecule has 1 saturated heterocycles. The molecule has 1 aromatic heterocycles. The number of carbonyl (C=O) groups is 1. The third-order valence-electron chi connectivity index (χ3n) is 5.12. The van der Waals surface area contributed by atoms with Crippen LogP contribution >= 0.6 is 11.6 Å². The molecule has 1 amide bonds. The fourth-order valence-electron chi connectivity index (χ4n) is 3.62. The minimum Gasteiger partial charge on any atom is -0.399 e. The van der Waals surface area contributed by atoms with Crippen LogP contribution in [-0.4, -0.2) is 52.0 Å². The van der Waals surface area contributed by atoms with Gasteiger partial charge in [-0.2, -0.15) is 4.98 Å². The summed E-state index contributed by atoms with van der Waals surface area (Å²) in [6.45, 7) is 0.147. The van der Waals surface area contributed by atoms with E-state index < -0.39 is 11.9 Å². The van der Waals surface area contributed by atoms with Gasteiger partial charge in [0.05, 0.1) is 23.9 Å². The van der Waals surface area contributed by atoms with Crippen LogP contribution in [0.4, 0.5) is 4.39 Å². The predicted molar refractivity (Wildman–Crippen MR) is 115 cm³/mol. The fourth-order valence-corrected chi connectivity index (χ4v) is 3.90. The second-order valence-corrected chi connectivity index (χ2v) is 7.62. The number of likely N-dealkylation sites (tertiary alicyclic amines) is 1. The van der Waals surface area contributed by atoms with E-state index in [1.807, 2.05) is 0 Å². The van der Waals surface area contributed by atoms with E-state index in [2.05, 4.69) is 15.3 Å². The topological polar surface area (TPSA) is 101 Å². The number of halogens is 2. The first-order chi connectivity index (χ1) is 15.5. The average molecular weight is 459 g/mol. The zero-order valence-corrected chi connectivity index (χ0v) is 17.9. The van der Waals surface area contributed by atoms with E-state index in [1.54, 1.807) is 35.2 Å². The number of hydrogen-bond donors (Lipinski definition) is 1. The Hall–Kier alpha value is -3.30. The lowest BCUT2D eigenvalue weighted by molar-refractivity contribution is 0.0713. The Balaban J connectivity index is 1.59. The molecular weight excluding hydrogens is 439 g/mol. The number of nitrogens with zero attached hydrogens (tertiary/aromatic N) is 4. The maximum absolute atomic E-state index is 13.3. The van der Waals surface area contributed by atoms with Crippen LogP contribution in [0.1, 0.15) is 34.5 Å². The highest BCUT2D eigenvalue weighted by Gasteiger charge is 2.38. The number of amides is 1. The molecular formula is C22H20ClFN4O4. The van der Waals surface area contributed by atoms with Crippen molar-refractivity contribution < 1.29 is 23.7 Å². The van der Waals surface area contributed by atoms with Gasteiger partial charge in [-0.15, -0.1) is 0 Å². The predicted octanol–water partition coefficient (Wildman–Crippen LogP) is 3.65. The maximum atomic E-state index is 13.3. The Bertz CT molecular complexity index is 1150. The van der Waals surface area contributed by atoms with Gasteiger partial charge in [0, 0.05) is 24.0 Å². The monoisotopic (exact) mass is 458 g/mol. The fraction of sp³-hybridized carbons (Fsp3) is 0.273. The summed E-state index contributed by atoms with van der Waals surface area (Å²) in [7, 11) is 1.44. The Labute approximate surface area is 188 Å². The van der Waals surface area contributed by atoms with E-state index in [4.69, 9.17) is 26.1 Å². The Morgan fingerprint density at radius 2 is 2.12 bits per heavy atom. The number of benzene rings is 2. The summed E-state index contributed by atoms with van der Waals surface area (Å²) in [6.07, 6.45) is 0.653. The number of carbonyl (C=O) groups excluding carboxylic acids is 1. The summed E-state index contributed by atoms with van der Waals surface area (Å²) < 4.78 is 18.7. The third-order valence-corrected chi connectivity index (χ3v) is 5.43.